The second-order valence-corrected chi connectivity index (χ2v) is 8.25. The van der Waals surface area contributed by atoms with Crippen LogP contribution in [0.4, 0.5) is 29.1 Å². The molecule has 1 aromatic heterocycles. The summed E-state index contributed by atoms with van der Waals surface area (Å²) in [5.74, 6) is 0.444. The molecule has 174 valence electrons. The molecule has 4 rings (SSSR count). The number of pyridine rings is 1. The van der Waals surface area contributed by atoms with Crippen LogP contribution in [0.1, 0.15) is 61.1 Å². The maximum Gasteiger partial charge on any atom is 0.419 e. The zero-order valence-electron chi connectivity index (χ0n) is 17.6. The summed E-state index contributed by atoms with van der Waals surface area (Å²) in [6.45, 7) is 1.52. The van der Waals surface area contributed by atoms with E-state index in [0.29, 0.717) is 11.7 Å². The van der Waals surface area contributed by atoms with Crippen molar-refractivity contribution in [1.29, 1.82) is 0 Å². The first kappa shape index (κ1) is 24.0. The van der Waals surface area contributed by atoms with Gasteiger partial charge in [-0.3, -0.25) is 4.79 Å². The Bertz CT molecular complexity index is 911. The van der Waals surface area contributed by atoms with Gasteiger partial charge in [-0.1, -0.05) is 12.8 Å². The Morgan fingerprint density at radius 1 is 1.12 bits per heavy atom. The third-order valence-electron chi connectivity index (χ3n) is 5.81. The molecule has 2 saturated carbocycles. The Balaban J connectivity index is 0.000000913. The maximum absolute atomic E-state index is 13.5. The molecular formula is C23H27F4N3O2. The van der Waals surface area contributed by atoms with Crippen molar-refractivity contribution in [3.05, 3.63) is 53.0 Å². The number of aromatic nitrogens is 1. The van der Waals surface area contributed by atoms with Gasteiger partial charge in [0.2, 0.25) is 0 Å². The van der Waals surface area contributed by atoms with E-state index in [0.717, 1.165) is 49.5 Å². The lowest BCUT2D eigenvalue weighted by atomic mass is 10.0. The quantitative estimate of drug-likeness (QED) is 0.363. The zero-order valence-corrected chi connectivity index (χ0v) is 17.6. The number of halogens is 4. The van der Waals surface area contributed by atoms with E-state index in [1.54, 1.807) is 6.20 Å². The molecule has 0 bridgehead atoms. The van der Waals surface area contributed by atoms with E-state index >= 15 is 0 Å². The minimum atomic E-state index is -4.73. The fourth-order valence-electron chi connectivity index (χ4n) is 4.08. The highest BCUT2D eigenvalue weighted by Gasteiger charge is 2.34. The number of nitrogens with zero attached hydrogens (tertiary/aromatic N) is 1. The summed E-state index contributed by atoms with van der Waals surface area (Å²) in [6, 6.07) is 4.82. The maximum atomic E-state index is 13.5. The minimum Gasteiger partial charge on any atom is -0.483 e. The summed E-state index contributed by atoms with van der Waals surface area (Å²) in [5.41, 5.74) is 1.23. The first-order chi connectivity index (χ1) is 15.3. The van der Waals surface area contributed by atoms with E-state index < -0.39 is 17.6 Å². The normalized spacial score (nSPS) is 16.4. The SMILES string of the molecule is Fc1ccc(Nc2cc(C3CC3)c(CNCC3CCCC3)cn2)cc1C(F)(F)F.O=CO. The number of hydrogen-bond donors (Lipinski definition) is 3. The van der Waals surface area contributed by atoms with E-state index in [1.165, 1.54) is 37.3 Å². The van der Waals surface area contributed by atoms with E-state index in [9.17, 15) is 17.6 Å². The third-order valence-corrected chi connectivity index (χ3v) is 5.81. The van der Waals surface area contributed by atoms with Gasteiger partial charge in [-0.15, -0.1) is 0 Å². The Morgan fingerprint density at radius 2 is 1.81 bits per heavy atom. The van der Waals surface area contributed by atoms with Crippen LogP contribution in [0.25, 0.3) is 0 Å². The van der Waals surface area contributed by atoms with E-state index in [4.69, 9.17) is 9.90 Å². The summed E-state index contributed by atoms with van der Waals surface area (Å²) in [4.78, 5) is 12.7. The first-order valence-corrected chi connectivity index (χ1v) is 10.7. The molecule has 1 aromatic carbocycles. The summed E-state index contributed by atoms with van der Waals surface area (Å²) < 4.78 is 52.3. The molecule has 0 atom stereocenters. The molecule has 0 unspecified atom stereocenters. The standard InChI is InChI=1S/C22H25F4N3.CH2O2/c23-20-8-7-17(9-19(20)22(24,25)26)29-21-10-18(15-5-6-15)16(13-28-21)12-27-11-14-3-1-2-4-14;2-1-3/h7-10,13-15,27H,1-6,11-12H2,(H,28,29);1H,(H,2,3). The highest BCUT2D eigenvalue weighted by molar-refractivity contribution is 5.59. The van der Waals surface area contributed by atoms with Crippen molar-refractivity contribution in [2.24, 2.45) is 5.92 Å². The van der Waals surface area contributed by atoms with Crippen LogP contribution in [0.3, 0.4) is 0 Å². The molecule has 0 saturated heterocycles. The molecule has 0 aliphatic heterocycles. The lowest BCUT2D eigenvalue weighted by Gasteiger charge is -2.15. The molecular weight excluding hydrogens is 426 g/mol. The van der Waals surface area contributed by atoms with Crippen molar-refractivity contribution in [3.63, 3.8) is 0 Å². The molecule has 0 amide bonds. The topological polar surface area (TPSA) is 74.2 Å². The molecule has 0 radical (unpaired) electrons. The second kappa shape index (κ2) is 10.8. The highest BCUT2D eigenvalue weighted by Crippen LogP contribution is 2.42. The van der Waals surface area contributed by atoms with Gasteiger partial charge < -0.3 is 15.7 Å². The Kier molecular flexibility index (Phi) is 8.06. The van der Waals surface area contributed by atoms with Crippen molar-refractivity contribution in [2.45, 2.75) is 57.2 Å². The van der Waals surface area contributed by atoms with Crippen LogP contribution in [0.2, 0.25) is 0 Å². The van der Waals surface area contributed by atoms with Crippen molar-refractivity contribution >= 4 is 18.0 Å². The molecule has 5 nitrogen and oxygen atoms in total. The van der Waals surface area contributed by atoms with E-state index in [-0.39, 0.29) is 12.2 Å². The van der Waals surface area contributed by atoms with Crippen LogP contribution in [-0.4, -0.2) is 23.1 Å². The van der Waals surface area contributed by atoms with Crippen LogP contribution in [-0.2, 0) is 17.5 Å². The fraction of sp³-hybridized carbons (Fsp3) is 0.478. The highest BCUT2D eigenvalue weighted by atomic mass is 19.4. The fourth-order valence-corrected chi connectivity index (χ4v) is 4.08. The molecule has 3 N–H and O–H groups in total. The van der Waals surface area contributed by atoms with Crippen LogP contribution >= 0.6 is 0 Å². The Labute approximate surface area is 184 Å². The van der Waals surface area contributed by atoms with Gasteiger partial charge in [-0.05, 0) is 79.5 Å². The summed E-state index contributed by atoms with van der Waals surface area (Å²) in [6.07, 6.45) is 4.53. The third kappa shape index (κ3) is 6.66. The van der Waals surface area contributed by atoms with Crippen molar-refractivity contribution in [3.8, 4) is 0 Å². The van der Waals surface area contributed by atoms with Gasteiger partial charge in [0.05, 0.1) is 5.56 Å². The molecule has 2 aromatic rings. The van der Waals surface area contributed by atoms with Gasteiger partial charge in [0.25, 0.3) is 6.47 Å². The number of nitrogens with one attached hydrogen (secondary N) is 2. The largest absolute Gasteiger partial charge is 0.483 e. The molecule has 2 aliphatic rings. The molecule has 32 heavy (non-hydrogen) atoms. The van der Waals surface area contributed by atoms with Gasteiger partial charge in [0.15, 0.2) is 0 Å². The monoisotopic (exact) mass is 453 g/mol. The van der Waals surface area contributed by atoms with Crippen molar-refractivity contribution < 1.29 is 27.5 Å². The lowest BCUT2D eigenvalue weighted by Crippen LogP contribution is -2.21. The van der Waals surface area contributed by atoms with Gasteiger partial charge >= 0.3 is 6.18 Å². The molecule has 0 spiro atoms. The predicted octanol–water partition coefficient (Wildman–Crippen LogP) is 5.84. The summed E-state index contributed by atoms with van der Waals surface area (Å²) >= 11 is 0. The lowest BCUT2D eigenvalue weighted by molar-refractivity contribution is -0.140. The van der Waals surface area contributed by atoms with E-state index in [2.05, 4.69) is 15.6 Å². The zero-order chi connectivity index (χ0) is 23.1. The summed E-state index contributed by atoms with van der Waals surface area (Å²) in [5, 5.41) is 13.3. The van der Waals surface area contributed by atoms with Gasteiger partial charge in [-0.2, -0.15) is 13.2 Å². The molecule has 2 fully saturated rings. The van der Waals surface area contributed by atoms with Crippen molar-refractivity contribution in [1.82, 2.24) is 10.3 Å². The van der Waals surface area contributed by atoms with Crippen LogP contribution in [0.15, 0.2) is 30.5 Å². The Hall–Kier alpha value is -2.68. The second-order valence-electron chi connectivity index (χ2n) is 8.25. The average molecular weight is 453 g/mol. The number of alkyl halides is 3. The van der Waals surface area contributed by atoms with Crippen LogP contribution < -0.4 is 10.6 Å². The average Bonchev–Trinajstić information content (AvgIpc) is 3.46. The predicted molar refractivity (Wildman–Crippen MR) is 113 cm³/mol. The number of rotatable bonds is 7. The van der Waals surface area contributed by atoms with Crippen LogP contribution in [0, 0.1) is 11.7 Å². The molecule has 9 heteroatoms. The molecule has 1 heterocycles. The number of hydrogen-bond acceptors (Lipinski definition) is 4. The van der Waals surface area contributed by atoms with Gasteiger partial charge in [-0.25, -0.2) is 9.37 Å². The number of carboxylic acid groups (broad SMARTS) is 1. The number of carbonyl (C=O) groups is 1. The number of benzene rings is 1. The van der Waals surface area contributed by atoms with Crippen LogP contribution in [0.5, 0.6) is 0 Å². The Morgan fingerprint density at radius 3 is 2.44 bits per heavy atom. The minimum absolute atomic E-state index is 0.167. The van der Waals surface area contributed by atoms with Crippen molar-refractivity contribution in [2.75, 3.05) is 11.9 Å². The smallest absolute Gasteiger partial charge is 0.419 e. The van der Waals surface area contributed by atoms with Gasteiger partial charge in [0.1, 0.15) is 11.6 Å². The molecule has 2 aliphatic carbocycles. The first-order valence-electron chi connectivity index (χ1n) is 10.7. The van der Waals surface area contributed by atoms with Gasteiger partial charge in [0, 0.05) is 18.4 Å². The number of anilines is 2. The van der Waals surface area contributed by atoms with E-state index in [1.807, 2.05) is 6.07 Å². The summed E-state index contributed by atoms with van der Waals surface area (Å²) in [7, 11) is 0.